The van der Waals surface area contributed by atoms with Gasteiger partial charge in [-0.25, -0.2) is 0 Å². The molecular weight excluding hydrogens is 402 g/mol. The second kappa shape index (κ2) is 14.9. The zero-order valence-electron chi connectivity index (χ0n) is 24.0. The lowest BCUT2D eigenvalue weighted by atomic mass is 9.85. The van der Waals surface area contributed by atoms with E-state index in [1.54, 1.807) is 32.2 Å². The summed E-state index contributed by atoms with van der Waals surface area (Å²) in [6, 6.07) is 5.48. The number of methoxy groups -OCH3 is 2. The smallest absolute Gasteiger partial charge is 0.225 e. The summed E-state index contributed by atoms with van der Waals surface area (Å²) in [5.41, 5.74) is 1.07. The van der Waals surface area contributed by atoms with Crippen LogP contribution in [0.25, 0.3) is 0 Å². The summed E-state index contributed by atoms with van der Waals surface area (Å²) < 4.78 is 38.4. The Morgan fingerprint density at radius 2 is 1.78 bits per heavy atom. The third-order valence-electron chi connectivity index (χ3n) is 5.87. The van der Waals surface area contributed by atoms with Crippen molar-refractivity contribution in [2.24, 2.45) is 23.7 Å². The van der Waals surface area contributed by atoms with Crippen molar-refractivity contribution >= 4 is 5.91 Å². The van der Waals surface area contributed by atoms with Crippen LogP contribution in [-0.4, -0.2) is 52.3 Å². The molecule has 0 saturated carbocycles. The third kappa shape index (κ3) is 9.64. The van der Waals surface area contributed by atoms with Gasteiger partial charge < -0.3 is 19.1 Å². The van der Waals surface area contributed by atoms with Crippen LogP contribution in [0.4, 0.5) is 0 Å². The minimum Gasteiger partial charge on any atom is -0.493 e. The average molecular weight is 451 g/mol. The number of hydrogen-bond acceptors (Lipinski definition) is 4. The molecule has 0 aromatic heterocycles. The summed E-state index contributed by atoms with van der Waals surface area (Å²) in [6.07, 6.45) is 7.49. The standard InChI is InChI=1S/C27H45NO4/c1-20(2)23(12-9-10-13-24(21(3)4)27(29)28(5)6)18-22-14-15-25(31-8)26(19-22)32-17-11-16-30-7/h9-10,14-15,19-21,23-24H,11-13,16-18H2,1-8H3/t23-,24+/m1/s1/i8D3. The number of amides is 1. The normalized spacial score (nSPS) is 15.3. The topological polar surface area (TPSA) is 48.0 Å². The lowest BCUT2D eigenvalue weighted by Gasteiger charge is -2.23. The molecule has 32 heavy (non-hydrogen) atoms. The molecule has 0 unspecified atom stereocenters. The van der Waals surface area contributed by atoms with Crippen molar-refractivity contribution in [1.82, 2.24) is 4.90 Å². The molecule has 1 amide bonds. The molecular formula is C27H45NO4. The number of rotatable bonds is 15. The van der Waals surface area contributed by atoms with E-state index in [4.69, 9.17) is 18.3 Å². The van der Waals surface area contributed by atoms with Gasteiger partial charge in [0.2, 0.25) is 5.91 Å². The van der Waals surface area contributed by atoms with E-state index in [0.29, 0.717) is 37.2 Å². The highest BCUT2D eigenvalue weighted by atomic mass is 16.5. The first-order chi connectivity index (χ1) is 16.4. The van der Waals surface area contributed by atoms with E-state index in [1.807, 2.05) is 12.1 Å². The van der Waals surface area contributed by atoms with Crippen LogP contribution in [-0.2, 0) is 16.0 Å². The van der Waals surface area contributed by atoms with E-state index >= 15 is 0 Å². The Hall–Kier alpha value is -2.01. The quantitative estimate of drug-likeness (QED) is 0.257. The van der Waals surface area contributed by atoms with Gasteiger partial charge in [0.1, 0.15) is 0 Å². The second-order valence-corrected chi connectivity index (χ2v) is 9.31. The molecule has 1 rings (SSSR count). The molecule has 2 atom stereocenters. The van der Waals surface area contributed by atoms with Crippen molar-refractivity contribution in [1.29, 1.82) is 0 Å². The van der Waals surface area contributed by atoms with Gasteiger partial charge in [0.25, 0.3) is 0 Å². The lowest BCUT2D eigenvalue weighted by molar-refractivity contribution is -0.134. The van der Waals surface area contributed by atoms with Crippen molar-refractivity contribution in [3.8, 4) is 11.5 Å². The highest BCUT2D eigenvalue weighted by Gasteiger charge is 2.22. The Kier molecular flexibility index (Phi) is 10.8. The van der Waals surface area contributed by atoms with Crippen molar-refractivity contribution in [3.63, 3.8) is 0 Å². The first kappa shape index (κ1) is 23.2. The molecule has 0 heterocycles. The number of benzene rings is 1. The fourth-order valence-electron chi connectivity index (χ4n) is 3.66. The molecule has 0 aliphatic rings. The molecule has 0 N–H and O–H groups in total. The summed E-state index contributed by atoms with van der Waals surface area (Å²) in [5, 5.41) is 0. The van der Waals surface area contributed by atoms with Crippen molar-refractivity contribution in [3.05, 3.63) is 35.9 Å². The second-order valence-electron chi connectivity index (χ2n) is 9.31. The zero-order chi connectivity index (χ0) is 26.6. The highest BCUT2D eigenvalue weighted by molar-refractivity contribution is 5.78. The molecule has 0 aliphatic carbocycles. The molecule has 0 saturated heterocycles. The summed E-state index contributed by atoms with van der Waals surface area (Å²) in [7, 11) is 2.70. The summed E-state index contributed by atoms with van der Waals surface area (Å²) in [4.78, 5) is 14.1. The van der Waals surface area contributed by atoms with Crippen LogP contribution in [0.1, 0.15) is 56.6 Å². The molecule has 5 heteroatoms. The SMILES string of the molecule is [2H]C([2H])([2H])Oc1ccc(C[C@@H](CC=CC[C@H](C(=O)N(C)C)C(C)C)C(C)C)cc1OCCCOC. The maximum absolute atomic E-state index is 12.4. The van der Waals surface area contributed by atoms with Gasteiger partial charge >= 0.3 is 0 Å². The molecule has 182 valence electrons. The van der Waals surface area contributed by atoms with Gasteiger partial charge in [-0.1, -0.05) is 45.9 Å². The van der Waals surface area contributed by atoms with Gasteiger partial charge in [-0.2, -0.15) is 0 Å². The fraction of sp³-hybridized carbons (Fsp3) is 0.667. The van der Waals surface area contributed by atoms with Crippen LogP contribution in [0.15, 0.2) is 30.4 Å². The van der Waals surface area contributed by atoms with E-state index in [2.05, 4.69) is 39.8 Å². The van der Waals surface area contributed by atoms with Crippen molar-refractivity contribution in [2.45, 2.75) is 53.4 Å². The monoisotopic (exact) mass is 450 g/mol. The van der Waals surface area contributed by atoms with Gasteiger partial charge in [0.15, 0.2) is 11.5 Å². The predicted molar refractivity (Wildman–Crippen MR) is 132 cm³/mol. The van der Waals surface area contributed by atoms with Gasteiger partial charge in [-0.3, -0.25) is 4.79 Å². The number of ether oxygens (including phenoxy) is 3. The zero-order valence-corrected chi connectivity index (χ0v) is 21.0. The molecule has 5 nitrogen and oxygen atoms in total. The first-order valence-electron chi connectivity index (χ1n) is 13.2. The Labute approximate surface area is 200 Å². The molecule has 0 spiro atoms. The first-order valence-corrected chi connectivity index (χ1v) is 11.7. The molecule has 1 aromatic carbocycles. The number of hydrogen-bond donors (Lipinski definition) is 0. The number of carbonyl (C=O) groups is 1. The minimum absolute atomic E-state index is 0.0117. The highest BCUT2D eigenvalue weighted by Crippen LogP contribution is 2.31. The Morgan fingerprint density at radius 1 is 1.06 bits per heavy atom. The van der Waals surface area contributed by atoms with Crippen LogP contribution in [0.5, 0.6) is 11.5 Å². The maximum atomic E-state index is 12.4. The lowest BCUT2D eigenvalue weighted by Crippen LogP contribution is -2.32. The number of nitrogens with zero attached hydrogens (tertiary/aromatic N) is 1. The summed E-state index contributed by atoms with van der Waals surface area (Å²) in [5.74, 6) is 1.95. The molecule has 1 aromatic rings. The van der Waals surface area contributed by atoms with E-state index < -0.39 is 7.04 Å². The molecule has 0 aliphatic heterocycles. The third-order valence-corrected chi connectivity index (χ3v) is 5.87. The molecule has 0 bridgehead atoms. The number of carbonyl (C=O) groups excluding carboxylic acids is 1. The van der Waals surface area contributed by atoms with Gasteiger partial charge in [-0.05, 0) is 54.7 Å². The van der Waals surface area contributed by atoms with Crippen molar-refractivity contribution < 1.29 is 23.1 Å². The van der Waals surface area contributed by atoms with Crippen molar-refractivity contribution in [2.75, 3.05) is 41.5 Å². The van der Waals surface area contributed by atoms with Crippen LogP contribution in [0, 0.1) is 23.7 Å². The van der Waals surface area contributed by atoms with Gasteiger partial charge in [0, 0.05) is 40.2 Å². The van der Waals surface area contributed by atoms with Gasteiger partial charge in [-0.15, -0.1) is 0 Å². The Balaban J connectivity index is 2.92. The van der Waals surface area contributed by atoms with Crippen LogP contribution in [0.2, 0.25) is 0 Å². The number of allylic oxidation sites excluding steroid dienone is 2. The largest absolute Gasteiger partial charge is 0.493 e. The molecule has 0 fully saturated rings. The average Bonchev–Trinajstić information content (AvgIpc) is 2.75. The Bertz CT molecular complexity index is 791. The van der Waals surface area contributed by atoms with E-state index in [-0.39, 0.29) is 23.5 Å². The van der Waals surface area contributed by atoms with E-state index in [0.717, 1.165) is 24.8 Å². The fourth-order valence-corrected chi connectivity index (χ4v) is 3.66. The van der Waals surface area contributed by atoms with Crippen LogP contribution in [0.3, 0.4) is 0 Å². The predicted octanol–water partition coefficient (Wildman–Crippen LogP) is 5.62. The minimum atomic E-state index is -2.54. The van der Waals surface area contributed by atoms with Crippen LogP contribution >= 0.6 is 0 Å². The summed E-state index contributed by atoms with van der Waals surface area (Å²) >= 11 is 0. The maximum Gasteiger partial charge on any atom is 0.225 e. The van der Waals surface area contributed by atoms with E-state index in [1.165, 1.54) is 0 Å². The molecule has 0 radical (unpaired) electrons. The van der Waals surface area contributed by atoms with Gasteiger partial charge in [0.05, 0.1) is 17.8 Å². The van der Waals surface area contributed by atoms with Crippen LogP contribution < -0.4 is 9.47 Å². The summed E-state index contributed by atoms with van der Waals surface area (Å²) in [6.45, 7) is 9.57. The van der Waals surface area contributed by atoms with E-state index in [9.17, 15) is 4.79 Å². The Morgan fingerprint density at radius 3 is 2.38 bits per heavy atom.